The molecule has 8 heteroatoms. The molecule has 0 aliphatic heterocycles. The van der Waals surface area contributed by atoms with Crippen LogP contribution in [-0.4, -0.2) is 45.3 Å². The Hall–Kier alpha value is -3.68. The summed E-state index contributed by atoms with van der Waals surface area (Å²) < 4.78 is 12.4. The highest BCUT2D eigenvalue weighted by Crippen LogP contribution is 2.26. The molecule has 0 amide bonds. The van der Waals surface area contributed by atoms with Crippen LogP contribution >= 0.6 is 0 Å². The Labute approximate surface area is 181 Å². The van der Waals surface area contributed by atoms with Crippen LogP contribution in [-0.2, 0) is 6.42 Å². The van der Waals surface area contributed by atoms with E-state index in [1.165, 1.54) is 5.56 Å². The molecule has 31 heavy (non-hydrogen) atoms. The van der Waals surface area contributed by atoms with E-state index in [-0.39, 0.29) is 6.04 Å². The van der Waals surface area contributed by atoms with E-state index in [0.717, 1.165) is 28.9 Å². The monoisotopic (exact) mass is 418 g/mol. The zero-order chi connectivity index (χ0) is 21.8. The summed E-state index contributed by atoms with van der Waals surface area (Å²) in [5.41, 5.74) is 3.58. The number of benzene rings is 1. The van der Waals surface area contributed by atoms with E-state index < -0.39 is 0 Å². The summed E-state index contributed by atoms with van der Waals surface area (Å²) in [4.78, 5) is 18.4. The molecule has 8 nitrogen and oxygen atoms in total. The highest BCUT2D eigenvalue weighted by molar-refractivity contribution is 5.85. The molecule has 0 aliphatic rings. The molecular formula is C23H26N6O2. The first-order valence-corrected chi connectivity index (χ1v) is 10.2. The summed E-state index contributed by atoms with van der Waals surface area (Å²) >= 11 is 0. The van der Waals surface area contributed by atoms with Gasteiger partial charge in [-0.15, -0.1) is 0 Å². The number of aromatic nitrogens is 5. The Morgan fingerprint density at radius 1 is 0.968 bits per heavy atom. The Balaban J connectivity index is 1.63. The van der Waals surface area contributed by atoms with Crippen LogP contribution < -0.4 is 14.8 Å². The van der Waals surface area contributed by atoms with Crippen molar-refractivity contribution in [1.29, 1.82) is 0 Å². The molecular weight excluding hydrogens is 392 g/mol. The van der Waals surface area contributed by atoms with E-state index in [0.29, 0.717) is 24.1 Å². The van der Waals surface area contributed by atoms with Crippen molar-refractivity contribution < 1.29 is 9.47 Å². The van der Waals surface area contributed by atoms with Crippen LogP contribution in [0.1, 0.15) is 25.5 Å². The summed E-state index contributed by atoms with van der Waals surface area (Å²) in [6, 6.07) is 12.0. The van der Waals surface area contributed by atoms with E-state index in [1.54, 1.807) is 26.5 Å². The molecule has 4 rings (SSSR count). The standard InChI is InChI=1S/C23H26N6O2/c1-15(2)29-14-26-20-22(24-12-11-16-5-8-18(30-3)9-6-16)27-21(28-23(20)29)17-7-10-19(31-4)25-13-17/h5-10,13-15H,11-12H2,1-4H3,(H,24,27,28). The molecule has 4 aromatic rings. The first-order chi connectivity index (χ1) is 15.1. The quantitative estimate of drug-likeness (QED) is 0.460. The van der Waals surface area contributed by atoms with Crippen molar-refractivity contribution in [1.82, 2.24) is 24.5 Å². The fourth-order valence-corrected chi connectivity index (χ4v) is 3.30. The van der Waals surface area contributed by atoms with Gasteiger partial charge in [-0.3, -0.25) is 0 Å². The third-order valence-electron chi connectivity index (χ3n) is 5.05. The molecule has 0 saturated carbocycles. The Bertz CT molecular complexity index is 1150. The van der Waals surface area contributed by atoms with Gasteiger partial charge in [-0.2, -0.15) is 0 Å². The van der Waals surface area contributed by atoms with Gasteiger partial charge in [0.05, 0.1) is 20.5 Å². The van der Waals surface area contributed by atoms with Crippen LogP contribution in [0.15, 0.2) is 48.9 Å². The number of methoxy groups -OCH3 is 2. The number of nitrogens with one attached hydrogen (secondary N) is 1. The van der Waals surface area contributed by atoms with Gasteiger partial charge in [-0.05, 0) is 44.0 Å². The first kappa shape index (κ1) is 20.6. The SMILES string of the molecule is COc1ccc(CCNc2nc(-c3ccc(OC)nc3)nc3c2ncn3C(C)C)cc1. The number of rotatable bonds is 8. The predicted molar refractivity (Wildman–Crippen MR) is 121 cm³/mol. The maximum atomic E-state index is 5.23. The number of hydrogen-bond donors (Lipinski definition) is 1. The molecule has 0 aliphatic carbocycles. The molecule has 1 aromatic carbocycles. The van der Waals surface area contributed by atoms with Crippen LogP contribution in [0.5, 0.6) is 11.6 Å². The van der Waals surface area contributed by atoms with Crippen molar-refractivity contribution >= 4 is 17.0 Å². The van der Waals surface area contributed by atoms with Crippen LogP contribution in [0.4, 0.5) is 5.82 Å². The fraction of sp³-hybridized carbons (Fsp3) is 0.304. The van der Waals surface area contributed by atoms with Crippen LogP contribution in [0.2, 0.25) is 0 Å². The number of pyridine rings is 1. The maximum absolute atomic E-state index is 5.23. The van der Waals surface area contributed by atoms with E-state index >= 15 is 0 Å². The smallest absolute Gasteiger partial charge is 0.212 e. The number of fused-ring (bicyclic) bond motifs is 1. The molecule has 0 spiro atoms. The molecule has 0 fully saturated rings. The maximum Gasteiger partial charge on any atom is 0.212 e. The molecule has 160 valence electrons. The van der Waals surface area contributed by atoms with Gasteiger partial charge in [0.25, 0.3) is 0 Å². The molecule has 3 aromatic heterocycles. The second kappa shape index (κ2) is 8.99. The van der Waals surface area contributed by atoms with Gasteiger partial charge in [-0.1, -0.05) is 12.1 Å². The van der Waals surface area contributed by atoms with Gasteiger partial charge in [0.1, 0.15) is 11.3 Å². The normalized spacial score (nSPS) is 11.1. The molecule has 0 bridgehead atoms. The number of hydrogen-bond acceptors (Lipinski definition) is 7. The summed E-state index contributed by atoms with van der Waals surface area (Å²) in [5, 5.41) is 3.45. The summed E-state index contributed by atoms with van der Waals surface area (Å²) in [7, 11) is 3.26. The lowest BCUT2D eigenvalue weighted by Crippen LogP contribution is -2.09. The summed E-state index contributed by atoms with van der Waals surface area (Å²) in [6.45, 7) is 4.93. The minimum Gasteiger partial charge on any atom is -0.497 e. The minimum absolute atomic E-state index is 0.230. The van der Waals surface area contributed by atoms with Crippen molar-refractivity contribution in [3.8, 4) is 23.0 Å². The number of ether oxygens (including phenoxy) is 2. The average molecular weight is 419 g/mol. The molecule has 0 saturated heterocycles. The fourth-order valence-electron chi connectivity index (χ4n) is 3.30. The van der Waals surface area contributed by atoms with Crippen LogP contribution in [0, 0.1) is 0 Å². The van der Waals surface area contributed by atoms with Gasteiger partial charge in [0, 0.05) is 30.4 Å². The third kappa shape index (κ3) is 4.42. The molecule has 0 radical (unpaired) electrons. The third-order valence-corrected chi connectivity index (χ3v) is 5.05. The van der Waals surface area contributed by atoms with Gasteiger partial charge < -0.3 is 19.4 Å². The predicted octanol–water partition coefficient (Wildman–Crippen LogP) is 4.14. The average Bonchev–Trinajstić information content (AvgIpc) is 3.24. The summed E-state index contributed by atoms with van der Waals surface area (Å²) in [6.07, 6.45) is 4.38. The highest BCUT2D eigenvalue weighted by atomic mass is 16.5. The topological polar surface area (TPSA) is 87.0 Å². The number of imidazole rings is 1. The lowest BCUT2D eigenvalue weighted by atomic mass is 10.1. The van der Waals surface area contributed by atoms with Crippen LogP contribution in [0.3, 0.4) is 0 Å². The second-order valence-corrected chi connectivity index (χ2v) is 7.43. The van der Waals surface area contributed by atoms with E-state index in [2.05, 4.69) is 41.3 Å². The van der Waals surface area contributed by atoms with Crippen molar-refractivity contribution in [3.05, 3.63) is 54.5 Å². The first-order valence-electron chi connectivity index (χ1n) is 10.2. The largest absolute Gasteiger partial charge is 0.497 e. The zero-order valence-corrected chi connectivity index (χ0v) is 18.2. The molecule has 0 unspecified atom stereocenters. The van der Waals surface area contributed by atoms with Gasteiger partial charge in [0.2, 0.25) is 5.88 Å². The van der Waals surface area contributed by atoms with Gasteiger partial charge >= 0.3 is 0 Å². The zero-order valence-electron chi connectivity index (χ0n) is 18.2. The number of nitrogens with zero attached hydrogens (tertiary/aromatic N) is 5. The number of anilines is 1. The van der Waals surface area contributed by atoms with Gasteiger partial charge in [-0.25, -0.2) is 19.9 Å². The van der Waals surface area contributed by atoms with E-state index in [1.807, 2.05) is 29.1 Å². The Kier molecular flexibility index (Phi) is 5.97. The van der Waals surface area contributed by atoms with E-state index in [9.17, 15) is 0 Å². The molecule has 3 heterocycles. The van der Waals surface area contributed by atoms with Crippen molar-refractivity contribution in [2.45, 2.75) is 26.3 Å². The molecule has 1 N–H and O–H groups in total. The Morgan fingerprint density at radius 2 is 1.77 bits per heavy atom. The van der Waals surface area contributed by atoms with Crippen molar-refractivity contribution in [2.24, 2.45) is 0 Å². The molecule has 0 atom stereocenters. The van der Waals surface area contributed by atoms with Crippen molar-refractivity contribution in [2.75, 3.05) is 26.1 Å². The van der Waals surface area contributed by atoms with Crippen LogP contribution in [0.25, 0.3) is 22.6 Å². The van der Waals surface area contributed by atoms with Crippen molar-refractivity contribution in [3.63, 3.8) is 0 Å². The lowest BCUT2D eigenvalue weighted by molar-refractivity contribution is 0.398. The van der Waals surface area contributed by atoms with E-state index in [4.69, 9.17) is 19.4 Å². The highest BCUT2D eigenvalue weighted by Gasteiger charge is 2.16. The second-order valence-electron chi connectivity index (χ2n) is 7.43. The minimum atomic E-state index is 0.230. The van der Waals surface area contributed by atoms with Gasteiger partial charge in [0.15, 0.2) is 17.3 Å². The lowest BCUT2D eigenvalue weighted by Gasteiger charge is -2.11. The Morgan fingerprint density at radius 3 is 2.42 bits per heavy atom. The summed E-state index contributed by atoms with van der Waals surface area (Å²) in [5.74, 6) is 2.71.